The normalized spacial score (nSPS) is 18.6. The number of ether oxygens (including phenoxy) is 1. The Morgan fingerprint density at radius 3 is 2.24 bits per heavy atom. The van der Waals surface area contributed by atoms with Gasteiger partial charge in [-0.05, 0) is 46.0 Å². The fraction of sp³-hybridized carbons (Fsp3) is 0.741. The van der Waals surface area contributed by atoms with Gasteiger partial charge in [-0.25, -0.2) is 23.1 Å². The quantitative estimate of drug-likeness (QED) is 0.435. The molecular weight excluding hydrogens is 541 g/mol. The van der Waals surface area contributed by atoms with Crippen molar-refractivity contribution in [1.82, 2.24) is 20.0 Å². The van der Waals surface area contributed by atoms with Crippen molar-refractivity contribution in [2.75, 3.05) is 13.2 Å². The van der Waals surface area contributed by atoms with Crippen molar-refractivity contribution in [1.29, 1.82) is 0 Å². The van der Waals surface area contributed by atoms with Crippen LogP contribution in [0.15, 0.2) is 4.21 Å². The maximum Gasteiger partial charge on any atom is 0.280 e. The Bertz CT molecular complexity index is 1230. The molecule has 0 aromatic carbocycles. The topological polar surface area (TPSA) is 110 Å². The SMILES string of the molecule is CC(C)(C)NS(=O)(=O)c1sc(-c2sc(C(=O)NC3CCOCC3)nc2CC2CCCCC2)nc1C(C)(C)C. The van der Waals surface area contributed by atoms with Gasteiger partial charge < -0.3 is 10.1 Å². The summed E-state index contributed by atoms with van der Waals surface area (Å²) in [5.74, 6) is 0.344. The number of aromatic nitrogens is 2. The lowest BCUT2D eigenvalue weighted by atomic mass is 9.86. The highest BCUT2D eigenvalue weighted by atomic mass is 32.2. The molecule has 1 aliphatic carbocycles. The van der Waals surface area contributed by atoms with Gasteiger partial charge in [-0.15, -0.1) is 11.3 Å². The summed E-state index contributed by atoms with van der Waals surface area (Å²) in [6, 6.07) is 0.0815. The molecule has 1 saturated carbocycles. The van der Waals surface area contributed by atoms with E-state index in [9.17, 15) is 13.2 Å². The number of carbonyl (C=O) groups excluding carboxylic acids is 1. The molecule has 0 spiro atoms. The van der Waals surface area contributed by atoms with Crippen molar-refractivity contribution < 1.29 is 17.9 Å². The molecule has 3 heterocycles. The lowest BCUT2D eigenvalue weighted by molar-refractivity contribution is 0.0696. The Morgan fingerprint density at radius 1 is 0.974 bits per heavy atom. The van der Waals surface area contributed by atoms with Crippen LogP contribution in [-0.4, -0.2) is 49.1 Å². The third-order valence-electron chi connectivity index (χ3n) is 6.84. The Balaban J connectivity index is 1.74. The first-order valence-corrected chi connectivity index (χ1v) is 16.8. The third-order valence-corrected chi connectivity index (χ3v) is 11.4. The highest BCUT2D eigenvalue weighted by molar-refractivity contribution is 7.91. The van der Waals surface area contributed by atoms with Crippen LogP contribution in [0.5, 0.6) is 0 Å². The first-order valence-electron chi connectivity index (χ1n) is 13.7. The molecule has 2 fully saturated rings. The standard InChI is InChI=1S/C27H42N4O4S3/c1-26(2,3)21-25(38(33,34)31-27(4,5)6)37-23(30-21)20-19(16-17-10-8-7-9-11-17)29-24(36-20)22(32)28-18-12-14-35-15-13-18/h17-18,31H,7-16H2,1-6H3,(H,28,32). The minimum Gasteiger partial charge on any atom is -0.381 e. The van der Waals surface area contributed by atoms with E-state index in [1.807, 2.05) is 41.5 Å². The molecule has 2 aliphatic rings. The largest absolute Gasteiger partial charge is 0.381 e. The van der Waals surface area contributed by atoms with Crippen LogP contribution in [0.1, 0.15) is 108 Å². The zero-order chi connectivity index (χ0) is 27.7. The van der Waals surface area contributed by atoms with Crippen LogP contribution in [0.4, 0.5) is 0 Å². The summed E-state index contributed by atoms with van der Waals surface area (Å²) in [6.07, 6.45) is 8.37. The van der Waals surface area contributed by atoms with Gasteiger partial charge in [-0.2, -0.15) is 0 Å². The van der Waals surface area contributed by atoms with Gasteiger partial charge in [0.25, 0.3) is 15.9 Å². The molecule has 11 heteroatoms. The summed E-state index contributed by atoms with van der Waals surface area (Å²) in [6.45, 7) is 12.7. The van der Waals surface area contributed by atoms with E-state index in [4.69, 9.17) is 14.7 Å². The van der Waals surface area contributed by atoms with E-state index < -0.39 is 21.0 Å². The summed E-state index contributed by atoms with van der Waals surface area (Å²) < 4.78 is 35.4. The van der Waals surface area contributed by atoms with Gasteiger partial charge in [0.1, 0.15) is 5.01 Å². The molecule has 1 saturated heterocycles. The maximum absolute atomic E-state index is 13.5. The van der Waals surface area contributed by atoms with Crippen molar-refractivity contribution in [3.05, 3.63) is 16.4 Å². The number of thiazole rings is 2. The zero-order valence-electron chi connectivity index (χ0n) is 23.5. The molecule has 0 unspecified atom stereocenters. The average Bonchev–Trinajstić information content (AvgIpc) is 3.44. The minimum atomic E-state index is -3.79. The number of carbonyl (C=O) groups is 1. The van der Waals surface area contributed by atoms with Gasteiger partial charge in [-0.3, -0.25) is 4.79 Å². The van der Waals surface area contributed by atoms with E-state index >= 15 is 0 Å². The fourth-order valence-electron chi connectivity index (χ4n) is 5.02. The molecule has 8 nitrogen and oxygen atoms in total. The van der Waals surface area contributed by atoms with E-state index in [2.05, 4.69) is 10.0 Å². The second kappa shape index (κ2) is 11.6. The second-order valence-electron chi connectivity index (χ2n) is 12.6. The molecule has 1 aliphatic heterocycles. The molecule has 0 bridgehead atoms. The summed E-state index contributed by atoms with van der Waals surface area (Å²) >= 11 is 2.52. The molecular formula is C27H42N4O4S3. The highest BCUT2D eigenvalue weighted by Crippen LogP contribution is 2.42. The van der Waals surface area contributed by atoms with Gasteiger partial charge in [0, 0.05) is 30.2 Å². The van der Waals surface area contributed by atoms with Crippen LogP contribution in [0.3, 0.4) is 0 Å². The van der Waals surface area contributed by atoms with Crippen LogP contribution < -0.4 is 10.0 Å². The van der Waals surface area contributed by atoms with Crippen molar-refractivity contribution in [3.63, 3.8) is 0 Å². The number of amides is 1. The van der Waals surface area contributed by atoms with Crippen molar-refractivity contribution >= 4 is 38.6 Å². The summed E-state index contributed by atoms with van der Waals surface area (Å²) in [5, 5.41) is 4.17. The Labute approximate surface area is 235 Å². The van der Waals surface area contributed by atoms with Crippen molar-refractivity contribution in [3.8, 4) is 9.88 Å². The predicted molar refractivity (Wildman–Crippen MR) is 154 cm³/mol. The maximum atomic E-state index is 13.5. The van der Waals surface area contributed by atoms with Gasteiger partial charge in [-0.1, -0.05) is 64.2 Å². The van der Waals surface area contributed by atoms with E-state index in [0.29, 0.717) is 34.8 Å². The fourth-order valence-corrected chi connectivity index (χ4v) is 9.42. The van der Waals surface area contributed by atoms with Crippen molar-refractivity contribution in [2.45, 2.75) is 114 Å². The number of hydrogen-bond donors (Lipinski definition) is 2. The lowest BCUT2D eigenvalue weighted by Gasteiger charge is -2.22. The smallest absolute Gasteiger partial charge is 0.280 e. The van der Waals surface area contributed by atoms with E-state index in [-0.39, 0.29) is 16.2 Å². The van der Waals surface area contributed by atoms with Gasteiger partial charge >= 0.3 is 0 Å². The molecule has 2 N–H and O–H groups in total. The number of sulfonamides is 1. The number of rotatable bonds is 7. The first-order chi connectivity index (χ1) is 17.7. The van der Waals surface area contributed by atoms with Gasteiger partial charge in [0.2, 0.25) is 0 Å². The monoisotopic (exact) mass is 582 g/mol. The van der Waals surface area contributed by atoms with Crippen LogP contribution in [-0.2, 0) is 26.6 Å². The van der Waals surface area contributed by atoms with Crippen LogP contribution in [0.2, 0.25) is 0 Å². The van der Waals surface area contributed by atoms with Crippen LogP contribution in [0.25, 0.3) is 9.88 Å². The Hall–Kier alpha value is -1.40. The molecule has 0 radical (unpaired) electrons. The first kappa shape index (κ1) is 29.6. The Kier molecular flexibility index (Phi) is 9.03. The van der Waals surface area contributed by atoms with Crippen LogP contribution in [0, 0.1) is 5.92 Å². The molecule has 212 valence electrons. The lowest BCUT2D eigenvalue weighted by Crippen LogP contribution is -2.40. The summed E-state index contributed by atoms with van der Waals surface area (Å²) in [5.41, 5.74) is 0.304. The van der Waals surface area contributed by atoms with E-state index in [1.165, 1.54) is 41.9 Å². The minimum absolute atomic E-state index is 0.0815. The van der Waals surface area contributed by atoms with E-state index in [0.717, 1.165) is 42.7 Å². The molecule has 0 atom stereocenters. The molecule has 2 aromatic heterocycles. The Morgan fingerprint density at radius 2 is 1.63 bits per heavy atom. The average molecular weight is 583 g/mol. The number of hydrogen-bond acceptors (Lipinski definition) is 8. The highest BCUT2D eigenvalue weighted by Gasteiger charge is 2.35. The van der Waals surface area contributed by atoms with E-state index in [1.54, 1.807) is 0 Å². The number of nitrogens with zero attached hydrogens (tertiary/aromatic N) is 2. The summed E-state index contributed by atoms with van der Waals surface area (Å²) in [7, 11) is -3.79. The van der Waals surface area contributed by atoms with Crippen LogP contribution >= 0.6 is 22.7 Å². The number of nitrogens with one attached hydrogen (secondary N) is 2. The third kappa shape index (κ3) is 7.41. The predicted octanol–water partition coefficient (Wildman–Crippen LogP) is 5.67. The van der Waals surface area contributed by atoms with Crippen molar-refractivity contribution in [2.24, 2.45) is 5.92 Å². The molecule has 2 aromatic rings. The molecule has 4 rings (SSSR count). The zero-order valence-corrected chi connectivity index (χ0v) is 25.9. The summed E-state index contributed by atoms with van der Waals surface area (Å²) in [4.78, 5) is 23.8. The van der Waals surface area contributed by atoms with Gasteiger partial charge in [0.05, 0.1) is 16.3 Å². The van der Waals surface area contributed by atoms with Gasteiger partial charge in [0.15, 0.2) is 9.22 Å². The molecule has 1 amide bonds. The second-order valence-corrected chi connectivity index (χ2v) is 16.5. The molecule has 38 heavy (non-hydrogen) atoms.